The molecule has 2 aromatic carbocycles. The molecule has 0 aliphatic rings. The highest BCUT2D eigenvalue weighted by atomic mass is 35.5. The van der Waals surface area contributed by atoms with E-state index in [-0.39, 0.29) is 33.0 Å². The van der Waals surface area contributed by atoms with Crippen molar-refractivity contribution in [2.24, 2.45) is 0 Å². The van der Waals surface area contributed by atoms with Gasteiger partial charge in [-0.1, -0.05) is 11.6 Å². The highest BCUT2D eigenvalue weighted by Crippen LogP contribution is 2.34. The third-order valence-corrected chi connectivity index (χ3v) is 7.91. The fraction of sp³-hybridized carbons (Fsp3) is 0.261. The Hall–Kier alpha value is -3.42. The third-order valence-electron chi connectivity index (χ3n) is 5.11. The van der Waals surface area contributed by atoms with Gasteiger partial charge in [0.25, 0.3) is 10.0 Å². The Kier molecular flexibility index (Phi) is 8.30. The van der Waals surface area contributed by atoms with E-state index in [9.17, 15) is 21.6 Å². The van der Waals surface area contributed by atoms with E-state index in [0.717, 1.165) is 10.6 Å². The molecule has 0 aliphatic heterocycles. The van der Waals surface area contributed by atoms with Crippen molar-refractivity contribution in [2.75, 3.05) is 27.7 Å². The van der Waals surface area contributed by atoms with Gasteiger partial charge >= 0.3 is 0 Å². The zero-order chi connectivity index (χ0) is 27.5. The number of sulfonamides is 2. The van der Waals surface area contributed by atoms with Gasteiger partial charge < -0.3 is 10.1 Å². The van der Waals surface area contributed by atoms with Gasteiger partial charge in [0.15, 0.2) is 0 Å². The molecular formula is C23H26ClN5O6S2. The molecule has 14 heteroatoms. The Bertz CT molecular complexity index is 1510. The van der Waals surface area contributed by atoms with Gasteiger partial charge in [-0.2, -0.15) is 0 Å². The van der Waals surface area contributed by atoms with E-state index in [4.69, 9.17) is 16.3 Å². The summed E-state index contributed by atoms with van der Waals surface area (Å²) in [5, 5.41) is 2.86. The SMILES string of the molecule is COc1ccc(Cl)cc1N(C(C)C(=O)Nc1ccc(S(=O)(=O)Nc2nc(C)cc(C)n2)cc1)S(C)(=O)=O. The van der Waals surface area contributed by atoms with Crippen LogP contribution < -0.4 is 19.1 Å². The van der Waals surface area contributed by atoms with E-state index in [2.05, 4.69) is 20.0 Å². The molecule has 1 unspecified atom stereocenters. The number of hydrogen-bond donors (Lipinski definition) is 2. The number of hydrogen-bond acceptors (Lipinski definition) is 8. The molecule has 0 radical (unpaired) electrons. The third kappa shape index (κ3) is 6.87. The molecule has 37 heavy (non-hydrogen) atoms. The minimum atomic E-state index is -3.99. The summed E-state index contributed by atoms with van der Waals surface area (Å²) in [5.74, 6) is -0.504. The number of amides is 1. The molecule has 3 rings (SSSR count). The summed E-state index contributed by atoms with van der Waals surface area (Å²) >= 11 is 6.06. The van der Waals surface area contributed by atoms with Crippen LogP contribution in [0.4, 0.5) is 17.3 Å². The molecule has 0 bridgehead atoms. The number of nitrogens with one attached hydrogen (secondary N) is 2. The summed E-state index contributed by atoms with van der Waals surface area (Å²) < 4.78 is 59.2. The average molecular weight is 568 g/mol. The van der Waals surface area contributed by atoms with Crippen LogP contribution in [-0.4, -0.2) is 52.1 Å². The lowest BCUT2D eigenvalue weighted by Gasteiger charge is -2.29. The quantitative estimate of drug-likeness (QED) is 0.400. The van der Waals surface area contributed by atoms with E-state index in [1.165, 1.54) is 56.5 Å². The van der Waals surface area contributed by atoms with Crippen molar-refractivity contribution >= 4 is 54.9 Å². The fourth-order valence-electron chi connectivity index (χ4n) is 3.53. The van der Waals surface area contributed by atoms with Crippen molar-refractivity contribution in [3.05, 3.63) is 64.9 Å². The van der Waals surface area contributed by atoms with Crippen LogP contribution in [-0.2, 0) is 24.8 Å². The Balaban J connectivity index is 1.81. The summed E-state index contributed by atoms with van der Waals surface area (Å²) in [6.45, 7) is 4.85. The minimum absolute atomic E-state index is 0.0546. The van der Waals surface area contributed by atoms with Gasteiger partial charge in [-0.15, -0.1) is 0 Å². The van der Waals surface area contributed by atoms with Gasteiger partial charge in [0.05, 0.1) is 23.9 Å². The largest absolute Gasteiger partial charge is 0.495 e. The predicted octanol–water partition coefficient (Wildman–Crippen LogP) is 3.35. The molecule has 0 aliphatic carbocycles. The molecule has 2 N–H and O–H groups in total. The normalized spacial score (nSPS) is 12.5. The lowest BCUT2D eigenvalue weighted by Crippen LogP contribution is -2.45. The van der Waals surface area contributed by atoms with Crippen molar-refractivity contribution in [3.63, 3.8) is 0 Å². The van der Waals surface area contributed by atoms with E-state index in [1.807, 2.05) is 0 Å². The van der Waals surface area contributed by atoms with Crippen LogP contribution in [0.1, 0.15) is 18.3 Å². The van der Waals surface area contributed by atoms with Gasteiger partial charge in [0.1, 0.15) is 11.8 Å². The van der Waals surface area contributed by atoms with Gasteiger partial charge in [-0.25, -0.2) is 31.5 Å². The topological polar surface area (TPSA) is 148 Å². The van der Waals surface area contributed by atoms with Gasteiger partial charge in [0, 0.05) is 22.1 Å². The summed E-state index contributed by atoms with van der Waals surface area (Å²) in [4.78, 5) is 21.1. The van der Waals surface area contributed by atoms with E-state index in [0.29, 0.717) is 11.4 Å². The molecule has 11 nitrogen and oxygen atoms in total. The number of halogens is 1. The number of rotatable bonds is 9. The molecule has 0 spiro atoms. The number of carbonyl (C=O) groups is 1. The Labute approximate surface area is 220 Å². The van der Waals surface area contributed by atoms with Gasteiger partial charge in [-0.3, -0.25) is 9.10 Å². The summed E-state index contributed by atoms with van der Waals surface area (Å²) in [5.41, 5.74) is 1.57. The van der Waals surface area contributed by atoms with Crippen LogP contribution in [0.15, 0.2) is 53.4 Å². The molecule has 0 saturated heterocycles. The average Bonchev–Trinajstić information content (AvgIpc) is 2.77. The number of benzene rings is 2. The maximum Gasteiger partial charge on any atom is 0.264 e. The maximum atomic E-state index is 13.0. The van der Waals surface area contributed by atoms with Crippen molar-refractivity contribution in [1.29, 1.82) is 0 Å². The highest BCUT2D eigenvalue weighted by Gasteiger charge is 2.31. The molecule has 0 saturated carbocycles. The number of anilines is 3. The van der Waals surface area contributed by atoms with E-state index in [1.54, 1.807) is 19.9 Å². The van der Waals surface area contributed by atoms with Crippen molar-refractivity contribution in [1.82, 2.24) is 9.97 Å². The summed E-state index contributed by atoms with van der Waals surface area (Å²) in [6.07, 6.45) is 0.962. The molecule has 1 amide bonds. The number of ether oxygens (including phenoxy) is 1. The van der Waals surface area contributed by atoms with Crippen molar-refractivity contribution in [2.45, 2.75) is 31.7 Å². The number of aryl methyl sites for hydroxylation is 2. The standard InChI is InChI=1S/C23H26ClN5O6S2/c1-14-12-15(2)26-23(25-14)28-37(33,34)19-9-7-18(8-10-19)27-22(30)16(3)29(36(5,31)32)20-13-17(24)6-11-21(20)35-4/h6-13,16H,1-5H3,(H,27,30)(H,25,26,28). The molecule has 198 valence electrons. The highest BCUT2D eigenvalue weighted by molar-refractivity contribution is 7.92. The second kappa shape index (κ2) is 10.9. The second-order valence-corrected chi connectivity index (χ2v) is 12.1. The first-order chi connectivity index (χ1) is 17.2. The van der Waals surface area contributed by atoms with Crippen LogP contribution >= 0.6 is 11.6 Å². The first-order valence-electron chi connectivity index (χ1n) is 10.8. The van der Waals surface area contributed by atoms with Gasteiger partial charge in [0.2, 0.25) is 21.9 Å². The fourth-order valence-corrected chi connectivity index (χ4v) is 5.81. The molecule has 1 aromatic heterocycles. The summed E-state index contributed by atoms with van der Waals surface area (Å²) in [7, 11) is -6.55. The minimum Gasteiger partial charge on any atom is -0.495 e. The Morgan fingerprint density at radius 2 is 1.59 bits per heavy atom. The number of methoxy groups -OCH3 is 1. The van der Waals surface area contributed by atoms with Crippen LogP contribution in [0.25, 0.3) is 0 Å². The lowest BCUT2D eigenvalue weighted by atomic mass is 10.2. The van der Waals surface area contributed by atoms with Crippen LogP contribution in [0, 0.1) is 13.8 Å². The summed E-state index contributed by atoms with van der Waals surface area (Å²) in [6, 6.07) is 10.3. The molecule has 3 aromatic rings. The van der Waals surface area contributed by atoms with Crippen LogP contribution in [0.5, 0.6) is 5.75 Å². The second-order valence-electron chi connectivity index (χ2n) is 8.14. The molecular weight excluding hydrogens is 542 g/mol. The van der Waals surface area contributed by atoms with Crippen molar-refractivity contribution < 1.29 is 26.4 Å². The zero-order valence-corrected chi connectivity index (χ0v) is 23.1. The molecule has 1 atom stereocenters. The van der Waals surface area contributed by atoms with Crippen LogP contribution in [0.2, 0.25) is 5.02 Å². The zero-order valence-electron chi connectivity index (χ0n) is 20.7. The van der Waals surface area contributed by atoms with E-state index < -0.39 is 32.0 Å². The Morgan fingerprint density at radius 3 is 2.14 bits per heavy atom. The lowest BCUT2D eigenvalue weighted by molar-refractivity contribution is -0.116. The van der Waals surface area contributed by atoms with Crippen LogP contribution in [0.3, 0.4) is 0 Å². The first kappa shape index (κ1) is 28.2. The Morgan fingerprint density at radius 1 is 1.00 bits per heavy atom. The first-order valence-corrected chi connectivity index (χ1v) is 14.5. The monoisotopic (exact) mass is 567 g/mol. The molecule has 1 heterocycles. The van der Waals surface area contributed by atoms with Crippen molar-refractivity contribution in [3.8, 4) is 5.75 Å². The smallest absolute Gasteiger partial charge is 0.264 e. The number of nitrogens with zero attached hydrogens (tertiary/aromatic N) is 3. The maximum absolute atomic E-state index is 13.0. The van der Waals surface area contributed by atoms with E-state index >= 15 is 0 Å². The van der Waals surface area contributed by atoms with Gasteiger partial charge in [-0.05, 0) is 69.3 Å². The number of carbonyl (C=O) groups excluding carboxylic acids is 1. The molecule has 0 fully saturated rings. The number of aromatic nitrogens is 2. The predicted molar refractivity (Wildman–Crippen MR) is 142 cm³/mol.